The maximum absolute atomic E-state index is 6.00. The predicted molar refractivity (Wildman–Crippen MR) is 68.8 cm³/mol. The summed E-state index contributed by atoms with van der Waals surface area (Å²) >= 11 is 0. The molecule has 1 aromatic carbocycles. The zero-order chi connectivity index (χ0) is 12.1. The lowest BCUT2D eigenvalue weighted by Crippen LogP contribution is -2.33. The molecule has 2 nitrogen and oxygen atoms in total. The van der Waals surface area contributed by atoms with Crippen molar-refractivity contribution in [3.8, 4) is 0 Å². The van der Waals surface area contributed by atoms with Gasteiger partial charge in [0.25, 0.3) is 0 Å². The maximum Gasteiger partial charge on any atom is 0.0834 e. The first-order valence-electron chi connectivity index (χ1n) is 6.08. The molecular weight excluding hydrogens is 212 g/mol. The Morgan fingerprint density at radius 3 is 2.82 bits per heavy atom. The van der Waals surface area contributed by atoms with Gasteiger partial charge in [0.1, 0.15) is 0 Å². The van der Waals surface area contributed by atoms with Gasteiger partial charge in [-0.15, -0.1) is 0 Å². The highest BCUT2D eigenvalue weighted by Crippen LogP contribution is 2.27. The van der Waals surface area contributed by atoms with Gasteiger partial charge >= 0.3 is 0 Å². The van der Waals surface area contributed by atoms with Crippen LogP contribution in [0.4, 0.5) is 0 Å². The molecule has 17 heavy (non-hydrogen) atoms. The predicted octanol–water partition coefficient (Wildman–Crippen LogP) is 3.18. The molecule has 0 unspecified atom stereocenters. The van der Waals surface area contributed by atoms with Crippen LogP contribution in [-0.4, -0.2) is 19.3 Å². The summed E-state index contributed by atoms with van der Waals surface area (Å²) in [5.41, 5.74) is 1.24. The second kappa shape index (κ2) is 5.48. The summed E-state index contributed by atoms with van der Waals surface area (Å²) in [5.74, 6) is 0. The number of ether oxygens (including phenoxy) is 2. The van der Waals surface area contributed by atoms with Crippen LogP contribution in [0.2, 0.25) is 0 Å². The van der Waals surface area contributed by atoms with Crippen LogP contribution in [0.25, 0.3) is 0 Å². The van der Waals surface area contributed by atoms with Gasteiger partial charge in [-0.05, 0) is 5.56 Å². The molecule has 1 heterocycles. The molecule has 0 aliphatic carbocycles. The minimum atomic E-state index is 0.0295. The molecule has 1 aromatic rings. The second-order valence-corrected chi connectivity index (χ2v) is 5.15. The van der Waals surface area contributed by atoms with Gasteiger partial charge < -0.3 is 9.47 Å². The summed E-state index contributed by atoms with van der Waals surface area (Å²) < 4.78 is 11.5. The first-order valence-corrected chi connectivity index (χ1v) is 6.08. The Kier molecular flexibility index (Phi) is 3.97. The molecule has 0 radical (unpaired) electrons. The van der Waals surface area contributed by atoms with Crippen LogP contribution in [0.1, 0.15) is 19.4 Å². The topological polar surface area (TPSA) is 18.5 Å². The highest BCUT2D eigenvalue weighted by atomic mass is 16.5. The zero-order valence-corrected chi connectivity index (χ0v) is 10.6. The van der Waals surface area contributed by atoms with E-state index in [1.54, 1.807) is 0 Å². The molecule has 0 spiro atoms. The largest absolute Gasteiger partial charge is 0.377 e. The minimum absolute atomic E-state index is 0.0295. The Bertz CT molecular complexity index is 368. The van der Waals surface area contributed by atoms with E-state index in [-0.39, 0.29) is 11.5 Å². The van der Waals surface area contributed by atoms with Crippen LogP contribution in [0, 0.1) is 5.41 Å². The molecule has 1 aliphatic heterocycles. The lowest BCUT2D eigenvalue weighted by Gasteiger charge is -2.30. The van der Waals surface area contributed by atoms with E-state index >= 15 is 0 Å². The van der Waals surface area contributed by atoms with Crippen molar-refractivity contribution < 1.29 is 9.47 Å². The Balaban J connectivity index is 1.97. The molecule has 2 heteroatoms. The smallest absolute Gasteiger partial charge is 0.0834 e. The molecule has 0 saturated carbocycles. The first-order chi connectivity index (χ1) is 8.18. The van der Waals surface area contributed by atoms with Crippen LogP contribution in [0.15, 0.2) is 42.5 Å². The lowest BCUT2D eigenvalue weighted by molar-refractivity contribution is -0.0372. The van der Waals surface area contributed by atoms with E-state index < -0.39 is 0 Å². The van der Waals surface area contributed by atoms with Crippen LogP contribution in [-0.2, 0) is 16.1 Å². The van der Waals surface area contributed by atoms with E-state index in [1.807, 2.05) is 24.3 Å². The fourth-order valence-corrected chi connectivity index (χ4v) is 1.95. The summed E-state index contributed by atoms with van der Waals surface area (Å²) in [4.78, 5) is 0. The van der Waals surface area contributed by atoms with Crippen molar-refractivity contribution in [2.24, 2.45) is 5.41 Å². The standard InChI is InChI=1S/C15H20O2/c1-15(2)12-16-10-6-9-14(15)17-11-13-7-4-3-5-8-13/h3-9,14H,10-12H2,1-2H3/t14-/m0/s1. The summed E-state index contributed by atoms with van der Waals surface area (Å²) in [6.45, 7) is 6.43. The van der Waals surface area contributed by atoms with E-state index in [2.05, 4.69) is 32.1 Å². The van der Waals surface area contributed by atoms with Crippen molar-refractivity contribution in [3.05, 3.63) is 48.0 Å². The van der Waals surface area contributed by atoms with Crippen LogP contribution in [0.5, 0.6) is 0 Å². The third-order valence-corrected chi connectivity index (χ3v) is 3.04. The van der Waals surface area contributed by atoms with Crippen LogP contribution >= 0.6 is 0 Å². The minimum Gasteiger partial charge on any atom is -0.377 e. The average Bonchev–Trinajstić information content (AvgIpc) is 2.49. The number of hydrogen-bond acceptors (Lipinski definition) is 2. The molecule has 0 amide bonds. The van der Waals surface area contributed by atoms with Crippen LogP contribution < -0.4 is 0 Å². The molecule has 1 aliphatic rings. The van der Waals surface area contributed by atoms with Crippen molar-refractivity contribution in [2.75, 3.05) is 13.2 Å². The number of rotatable bonds is 3. The van der Waals surface area contributed by atoms with Crippen molar-refractivity contribution in [1.29, 1.82) is 0 Å². The molecule has 0 aromatic heterocycles. The molecule has 2 rings (SSSR count). The third kappa shape index (κ3) is 3.42. The normalized spacial score (nSPS) is 23.3. The summed E-state index contributed by atoms with van der Waals surface area (Å²) in [5, 5.41) is 0. The van der Waals surface area contributed by atoms with Gasteiger partial charge in [0.15, 0.2) is 0 Å². The van der Waals surface area contributed by atoms with Crippen LogP contribution in [0.3, 0.4) is 0 Å². The molecule has 92 valence electrons. The lowest BCUT2D eigenvalue weighted by atomic mass is 9.87. The average molecular weight is 232 g/mol. The molecule has 0 bridgehead atoms. The molecular formula is C15H20O2. The maximum atomic E-state index is 6.00. The first kappa shape index (κ1) is 12.3. The van der Waals surface area contributed by atoms with Crippen molar-refractivity contribution in [3.63, 3.8) is 0 Å². The van der Waals surface area contributed by atoms with Gasteiger partial charge in [-0.25, -0.2) is 0 Å². The summed E-state index contributed by atoms with van der Waals surface area (Å²) in [6, 6.07) is 10.3. The highest BCUT2D eigenvalue weighted by molar-refractivity contribution is 5.13. The second-order valence-electron chi connectivity index (χ2n) is 5.15. The van der Waals surface area contributed by atoms with E-state index in [4.69, 9.17) is 9.47 Å². The third-order valence-electron chi connectivity index (χ3n) is 3.04. The zero-order valence-electron chi connectivity index (χ0n) is 10.6. The van der Waals surface area contributed by atoms with E-state index in [0.29, 0.717) is 13.2 Å². The van der Waals surface area contributed by atoms with E-state index in [1.165, 1.54) is 5.56 Å². The van der Waals surface area contributed by atoms with Gasteiger partial charge in [0, 0.05) is 5.41 Å². The van der Waals surface area contributed by atoms with Crippen molar-refractivity contribution in [2.45, 2.75) is 26.6 Å². The Morgan fingerprint density at radius 1 is 1.29 bits per heavy atom. The van der Waals surface area contributed by atoms with Gasteiger partial charge in [-0.1, -0.05) is 56.3 Å². The van der Waals surface area contributed by atoms with Gasteiger partial charge in [0.05, 0.1) is 25.9 Å². The highest BCUT2D eigenvalue weighted by Gasteiger charge is 2.30. The van der Waals surface area contributed by atoms with Crippen molar-refractivity contribution >= 4 is 0 Å². The van der Waals surface area contributed by atoms with Gasteiger partial charge in [-0.2, -0.15) is 0 Å². The van der Waals surface area contributed by atoms with E-state index in [0.717, 1.165) is 6.61 Å². The number of benzene rings is 1. The fraction of sp³-hybridized carbons (Fsp3) is 0.467. The van der Waals surface area contributed by atoms with Gasteiger partial charge in [-0.3, -0.25) is 0 Å². The Hall–Kier alpha value is -1.12. The quantitative estimate of drug-likeness (QED) is 0.745. The Morgan fingerprint density at radius 2 is 2.06 bits per heavy atom. The number of hydrogen-bond donors (Lipinski definition) is 0. The molecule has 0 fully saturated rings. The SMILES string of the molecule is CC1(C)COCC=C[C@@H]1OCc1ccccc1. The Labute approximate surface area is 103 Å². The van der Waals surface area contributed by atoms with E-state index in [9.17, 15) is 0 Å². The summed E-state index contributed by atoms with van der Waals surface area (Å²) in [6.07, 6.45) is 4.28. The molecule has 0 N–H and O–H groups in total. The van der Waals surface area contributed by atoms with Crippen molar-refractivity contribution in [1.82, 2.24) is 0 Å². The monoisotopic (exact) mass is 232 g/mol. The molecule has 1 atom stereocenters. The summed E-state index contributed by atoms with van der Waals surface area (Å²) in [7, 11) is 0. The molecule has 0 saturated heterocycles. The fourth-order valence-electron chi connectivity index (χ4n) is 1.95. The van der Waals surface area contributed by atoms with Gasteiger partial charge in [0.2, 0.25) is 0 Å².